The van der Waals surface area contributed by atoms with Crippen molar-refractivity contribution in [2.45, 2.75) is 31.5 Å². The molecule has 2 rings (SSSR count). The predicted octanol–water partition coefficient (Wildman–Crippen LogP) is 1.25. The largest absolute Gasteiger partial charge is 0.497 e. The second-order valence-electron chi connectivity index (χ2n) is 5.06. The van der Waals surface area contributed by atoms with E-state index in [4.69, 9.17) is 9.47 Å². The van der Waals surface area contributed by atoms with E-state index >= 15 is 0 Å². The minimum absolute atomic E-state index is 0.0138. The van der Waals surface area contributed by atoms with E-state index in [2.05, 4.69) is 10.6 Å². The highest BCUT2D eigenvalue weighted by Gasteiger charge is 2.29. The van der Waals surface area contributed by atoms with E-state index in [-0.39, 0.29) is 24.1 Å². The zero-order valence-electron chi connectivity index (χ0n) is 12.2. The molecule has 3 atom stereocenters. The molecule has 1 aliphatic rings. The smallest absolute Gasteiger partial charge is 0.237 e. The van der Waals surface area contributed by atoms with Gasteiger partial charge in [0, 0.05) is 13.7 Å². The van der Waals surface area contributed by atoms with Gasteiger partial charge in [-0.15, -0.1) is 0 Å². The van der Waals surface area contributed by atoms with Crippen LogP contribution in [0.5, 0.6) is 5.75 Å². The van der Waals surface area contributed by atoms with Gasteiger partial charge in [-0.25, -0.2) is 0 Å². The first-order chi connectivity index (χ1) is 9.63. The highest BCUT2D eigenvalue weighted by atomic mass is 16.5. The third-order valence-corrected chi connectivity index (χ3v) is 3.69. The van der Waals surface area contributed by atoms with Crippen molar-refractivity contribution in [3.05, 3.63) is 29.8 Å². The average Bonchev–Trinajstić information content (AvgIpc) is 2.96. The Kier molecular flexibility index (Phi) is 4.98. The monoisotopic (exact) mass is 278 g/mol. The summed E-state index contributed by atoms with van der Waals surface area (Å²) in [6.07, 6.45) is 0.838. The van der Waals surface area contributed by atoms with Gasteiger partial charge >= 0.3 is 0 Å². The zero-order valence-corrected chi connectivity index (χ0v) is 12.2. The first-order valence-electron chi connectivity index (χ1n) is 6.84. The molecule has 1 fully saturated rings. The molecule has 2 N–H and O–H groups in total. The summed E-state index contributed by atoms with van der Waals surface area (Å²) in [5.41, 5.74) is 1.03. The molecule has 1 amide bonds. The lowest BCUT2D eigenvalue weighted by Gasteiger charge is -2.18. The standard InChI is InChI=1S/C15H22N2O3/c1-10(11-5-4-6-12(7-11)19-2)17-15(18)14-8-13(20-3)9-16-14/h4-7,10,13-14,16H,8-9H2,1-3H3,(H,17,18)/t10-,13?,14?/m1/s1. The van der Waals surface area contributed by atoms with E-state index in [1.54, 1.807) is 14.2 Å². The summed E-state index contributed by atoms with van der Waals surface area (Å²) in [6, 6.07) is 7.50. The predicted molar refractivity (Wildman–Crippen MR) is 76.8 cm³/mol. The SMILES string of the molecule is COc1cccc([C@@H](C)NC(=O)C2CC(OC)CN2)c1. The summed E-state index contributed by atoms with van der Waals surface area (Å²) >= 11 is 0. The lowest BCUT2D eigenvalue weighted by Crippen LogP contribution is -2.41. The van der Waals surface area contributed by atoms with Crippen LogP contribution in [0, 0.1) is 0 Å². The van der Waals surface area contributed by atoms with Gasteiger partial charge in [-0.3, -0.25) is 4.79 Å². The fraction of sp³-hybridized carbons (Fsp3) is 0.533. The molecule has 1 aromatic carbocycles. The molecular formula is C15H22N2O3. The number of hydrogen-bond acceptors (Lipinski definition) is 4. The van der Waals surface area contributed by atoms with Gasteiger partial charge in [0.2, 0.25) is 5.91 Å². The summed E-state index contributed by atoms with van der Waals surface area (Å²) in [5, 5.41) is 6.20. The van der Waals surface area contributed by atoms with Crippen molar-refractivity contribution in [2.24, 2.45) is 0 Å². The molecule has 0 spiro atoms. The maximum Gasteiger partial charge on any atom is 0.237 e. The summed E-state index contributed by atoms with van der Waals surface area (Å²) in [4.78, 5) is 12.2. The summed E-state index contributed by atoms with van der Waals surface area (Å²) in [6.45, 7) is 2.69. The number of benzene rings is 1. The Hall–Kier alpha value is -1.59. The molecule has 1 heterocycles. The maximum absolute atomic E-state index is 12.2. The summed E-state index contributed by atoms with van der Waals surface area (Å²) < 4.78 is 10.4. The Balaban J connectivity index is 1.93. The Morgan fingerprint density at radius 3 is 2.90 bits per heavy atom. The van der Waals surface area contributed by atoms with Crippen LogP contribution < -0.4 is 15.4 Å². The molecule has 0 saturated carbocycles. The van der Waals surface area contributed by atoms with Gasteiger partial charge in [0.15, 0.2) is 0 Å². The van der Waals surface area contributed by atoms with Crippen molar-refractivity contribution in [1.29, 1.82) is 0 Å². The number of hydrogen-bond donors (Lipinski definition) is 2. The third-order valence-electron chi connectivity index (χ3n) is 3.69. The first kappa shape index (κ1) is 14.8. The molecule has 5 heteroatoms. The highest BCUT2D eigenvalue weighted by Crippen LogP contribution is 2.19. The van der Waals surface area contributed by atoms with Crippen LogP contribution in [-0.2, 0) is 9.53 Å². The van der Waals surface area contributed by atoms with Gasteiger partial charge < -0.3 is 20.1 Å². The number of amides is 1. The molecule has 0 bridgehead atoms. The molecule has 110 valence electrons. The summed E-state index contributed by atoms with van der Waals surface area (Å²) in [7, 11) is 3.31. The van der Waals surface area contributed by atoms with Crippen molar-refractivity contribution in [1.82, 2.24) is 10.6 Å². The molecular weight excluding hydrogens is 256 g/mol. The fourth-order valence-electron chi connectivity index (χ4n) is 2.39. The zero-order chi connectivity index (χ0) is 14.5. The number of carbonyl (C=O) groups excluding carboxylic acids is 1. The number of nitrogens with one attached hydrogen (secondary N) is 2. The summed E-state index contributed by atoms with van der Waals surface area (Å²) in [5.74, 6) is 0.807. The average molecular weight is 278 g/mol. The van der Waals surface area contributed by atoms with Crippen molar-refractivity contribution in [2.75, 3.05) is 20.8 Å². The molecule has 1 aliphatic heterocycles. The lowest BCUT2D eigenvalue weighted by atomic mass is 10.1. The number of rotatable bonds is 5. The molecule has 0 aromatic heterocycles. The second kappa shape index (κ2) is 6.72. The van der Waals surface area contributed by atoms with Crippen LogP contribution >= 0.6 is 0 Å². The van der Waals surface area contributed by atoms with E-state index < -0.39 is 0 Å². The number of carbonyl (C=O) groups is 1. The Morgan fingerprint density at radius 1 is 1.45 bits per heavy atom. The molecule has 5 nitrogen and oxygen atoms in total. The van der Waals surface area contributed by atoms with Gasteiger partial charge in [0.05, 0.1) is 25.3 Å². The van der Waals surface area contributed by atoms with Crippen LogP contribution in [0.2, 0.25) is 0 Å². The fourth-order valence-corrected chi connectivity index (χ4v) is 2.39. The van der Waals surface area contributed by atoms with E-state index in [9.17, 15) is 4.79 Å². The van der Waals surface area contributed by atoms with Crippen LogP contribution in [0.15, 0.2) is 24.3 Å². The Labute approximate surface area is 119 Å². The van der Waals surface area contributed by atoms with Gasteiger partial charge in [0.25, 0.3) is 0 Å². The van der Waals surface area contributed by atoms with Gasteiger partial charge in [-0.2, -0.15) is 0 Å². The van der Waals surface area contributed by atoms with E-state index in [0.717, 1.165) is 17.9 Å². The van der Waals surface area contributed by atoms with Gasteiger partial charge in [-0.05, 0) is 31.0 Å². The Bertz CT molecular complexity index is 464. The highest BCUT2D eigenvalue weighted by molar-refractivity contribution is 5.82. The molecule has 20 heavy (non-hydrogen) atoms. The van der Waals surface area contributed by atoms with E-state index in [1.165, 1.54) is 0 Å². The molecule has 1 aromatic rings. The van der Waals surface area contributed by atoms with Crippen LogP contribution in [0.1, 0.15) is 24.9 Å². The van der Waals surface area contributed by atoms with Crippen LogP contribution in [0.4, 0.5) is 0 Å². The number of ether oxygens (including phenoxy) is 2. The van der Waals surface area contributed by atoms with Crippen molar-refractivity contribution >= 4 is 5.91 Å². The normalized spacial score (nSPS) is 23.4. The lowest BCUT2D eigenvalue weighted by molar-refractivity contribution is -0.123. The van der Waals surface area contributed by atoms with Crippen molar-refractivity contribution < 1.29 is 14.3 Å². The second-order valence-corrected chi connectivity index (χ2v) is 5.06. The van der Waals surface area contributed by atoms with E-state index in [0.29, 0.717) is 6.42 Å². The van der Waals surface area contributed by atoms with Crippen molar-refractivity contribution in [3.8, 4) is 5.75 Å². The topological polar surface area (TPSA) is 59.6 Å². The van der Waals surface area contributed by atoms with Gasteiger partial charge in [-0.1, -0.05) is 12.1 Å². The van der Waals surface area contributed by atoms with Crippen LogP contribution in [-0.4, -0.2) is 38.8 Å². The van der Waals surface area contributed by atoms with Crippen LogP contribution in [0.3, 0.4) is 0 Å². The van der Waals surface area contributed by atoms with E-state index in [1.807, 2.05) is 31.2 Å². The maximum atomic E-state index is 12.2. The van der Waals surface area contributed by atoms with Crippen molar-refractivity contribution in [3.63, 3.8) is 0 Å². The molecule has 2 unspecified atom stereocenters. The molecule has 0 radical (unpaired) electrons. The molecule has 0 aliphatic carbocycles. The quantitative estimate of drug-likeness (QED) is 0.851. The minimum atomic E-state index is -0.173. The number of methoxy groups -OCH3 is 2. The minimum Gasteiger partial charge on any atom is -0.497 e. The Morgan fingerprint density at radius 2 is 2.25 bits per heavy atom. The third kappa shape index (κ3) is 3.49. The first-order valence-corrected chi connectivity index (χ1v) is 6.84. The van der Waals surface area contributed by atoms with Gasteiger partial charge in [0.1, 0.15) is 5.75 Å². The molecule has 1 saturated heterocycles. The van der Waals surface area contributed by atoms with Crippen LogP contribution in [0.25, 0.3) is 0 Å².